The van der Waals surface area contributed by atoms with Crippen molar-refractivity contribution >= 4 is 34.9 Å². The van der Waals surface area contributed by atoms with Crippen molar-refractivity contribution in [2.45, 2.75) is 25.3 Å². The Morgan fingerprint density at radius 2 is 2.00 bits per heavy atom. The van der Waals surface area contributed by atoms with Gasteiger partial charge in [-0.1, -0.05) is 23.2 Å². The molecule has 3 heterocycles. The van der Waals surface area contributed by atoms with E-state index in [9.17, 15) is 9.18 Å². The minimum atomic E-state index is -0.541. The van der Waals surface area contributed by atoms with Crippen LogP contribution in [-0.2, 0) is 11.2 Å². The molecule has 1 amide bonds. The van der Waals surface area contributed by atoms with Crippen LogP contribution in [-0.4, -0.2) is 75.8 Å². The highest BCUT2D eigenvalue weighted by Crippen LogP contribution is 2.29. The first kappa shape index (κ1) is 26.1. The van der Waals surface area contributed by atoms with Gasteiger partial charge in [0.15, 0.2) is 5.82 Å². The lowest BCUT2D eigenvalue weighted by Gasteiger charge is -2.32. The number of anilines is 1. The Kier molecular flexibility index (Phi) is 8.28. The SMILES string of the molecule is CN(C)CC(=O)N1CCC(n2cc(-c3cnc(N)c(OCCc4c(Cl)ccc(F)c4Cl)n3)cn2)CC1. The molecule has 0 atom stereocenters. The van der Waals surface area contributed by atoms with Gasteiger partial charge in [-0.15, -0.1) is 0 Å². The Bertz CT molecular complexity index is 1230. The van der Waals surface area contributed by atoms with Crippen molar-refractivity contribution in [1.29, 1.82) is 0 Å². The van der Waals surface area contributed by atoms with E-state index in [0.717, 1.165) is 18.4 Å². The molecule has 36 heavy (non-hydrogen) atoms. The number of carbonyl (C=O) groups excluding carboxylic acids is 1. The van der Waals surface area contributed by atoms with Gasteiger partial charge in [-0.3, -0.25) is 9.48 Å². The van der Waals surface area contributed by atoms with E-state index in [1.165, 1.54) is 12.1 Å². The molecule has 3 aromatic rings. The second kappa shape index (κ2) is 11.4. The quantitative estimate of drug-likeness (QED) is 0.438. The molecule has 0 bridgehead atoms. The summed E-state index contributed by atoms with van der Waals surface area (Å²) in [7, 11) is 3.78. The van der Waals surface area contributed by atoms with Crippen LogP contribution in [0.25, 0.3) is 11.3 Å². The van der Waals surface area contributed by atoms with Crippen LogP contribution in [0.1, 0.15) is 24.4 Å². The largest absolute Gasteiger partial charge is 0.475 e. The number of hydrogen-bond acceptors (Lipinski definition) is 7. The van der Waals surface area contributed by atoms with Gasteiger partial charge in [0.05, 0.1) is 42.3 Å². The van der Waals surface area contributed by atoms with Crippen LogP contribution in [0.5, 0.6) is 5.88 Å². The monoisotopic (exact) mass is 535 g/mol. The first-order valence-electron chi connectivity index (χ1n) is 11.6. The molecule has 12 heteroatoms. The summed E-state index contributed by atoms with van der Waals surface area (Å²) in [5.74, 6) is -0.0969. The van der Waals surface area contributed by atoms with Gasteiger partial charge >= 0.3 is 0 Å². The van der Waals surface area contributed by atoms with E-state index in [4.69, 9.17) is 33.7 Å². The smallest absolute Gasteiger partial charge is 0.257 e. The van der Waals surface area contributed by atoms with Crippen molar-refractivity contribution in [3.63, 3.8) is 0 Å². The zero-order valence-corrected chi connectivity index (χ0v) is 21.6. The lowest BCUT2D eigenvalue weighted by molar-refractivity contribution is -0.133. The highest BCUT2D eigenvalue weighted by atomic mass is 35.5. The summed E-state index contributed by atoms with van der Waals surface area (Å²) in [6.45, 7) is 1.95. The molecule has 9 nitrogen and oxygen atoms in total. The van der Waals surface area contributed by atoms with Gasteiger partial charge in [-0.25, -0.2) is 14.4 Å². The molecule has 2 N–H and O–H groups in total. The maximum atomic E-state index is 13.7. The number of benzene rings is 1. The van der Waals surface area contributed by atoms with E-state index >= 15 is 0 Å². The van der Waals surface area contributed by atoms with Gasteiger partial charge in [0, 0.05) is 36.3 Å². The molecule has 1 saturated heterocycles. The summed E-state index contributed by atoms with van der Waals surface area (Å²) < 4.78 is 21.4. The minimum absolute atomic E-state index is 0.0285. The van der Waals surface area contributed by atoms with E-state index in [2.05, 4.69) is 15.1 Å². The summed E-state index contributed by atoms with van der Waals surface area (Å²) in [4.78, 5) is 24.8. The molecular weight excluding hydrogens is 508 g/mol. The normalized spacial score (nSPS) is 14.4. The lowest BCUT2D eigenvalue weighted by Crippen LogP contribution is -2.43. The zero-order valence-electron chi connectivity index (χ0n) is 20.1. The maximum absolute atomic E-state index is 13.7. The Balaban J connectivity index is 1.38. The number of hydrogen-bond donors (Lipinski definition) is 1. The van der Waals surface area contributed by atoms with Crippen molar-refractivity contribution in [3.8, 4) is 17.1 Å². The highest BCUT2D eigenvalue weighted by Gasteiger charge is 2.25. The Morgan fingerprint density at radius 1 is 1.25 bits per heavy atom. The highest BCUT2D eigenvalue weighted by molar-refractivity contribution is 6.36. The number of nitrogens with zero attached hydrogens (tertiary/aromatic N) is 6. The molecule has 2 aromatic heterocycles. The summed E-state index contributed by atoms with van der Waals surface area (Å²) in [6, 6.07) is 2.87. The molecule has 0 saturated carbocycles. The van der Waals surface area contributed by atoms with Crippen molar-refractivity contribution < 1.29 is 13.9 Å². The van der Waals surface area contributed by atoms with Crippen LogP contribution in [0.4, 0.5) is 10.2 Å². The molecule has 0 radical (unpaired) electrons. The first-order chi connectivity index (χ1) is 17.2. The minimum Gasteiger partial charge on any atom is -0.475 e. The number of likely N-dealkylation sites (N-methyl/N-ethyl adjacent to an activating group) is 1. The molecule has 1 aliphatic rings. The number of ether oxygens (including phenoxy) is 1. The van der Waals surface area contributed by atoms with E-state index < -0.39 is 5.82 Å². The predicted molar refractivity (Wildman–Crippen MR) is 137 cm³/mol. The van der Waals surface area contributed by atoms with Crippen LogP contribution in [0.2, 0.25) is 10.0 Å². The van der Waals surface area contributed by atoms with E-state index in [0.29, 0.717) is 35.9 Å². The van der Waals surface area contributed by atoms with Crippen molar-refractivity contribution in [3.05, 3.63) is 52.1 Å². The Hall–Kier alpha value is -2.95. The third-order valence-corrected chi connectivity index (χ3v) is 6.80. The maximum Gasteiger partial charge on any atom is 0.257 e. The number of carbonyl (C=O) groups is 1. The van der Waals surface area contributed by atoms with Crippen LogP contribution in [0.3, 0.4) is 0 Å². The second-order valence-corrected chi connectivity index (χ2v) is 9.71. The number of piperidine rings is 1. The number of amides is 1. The van der Waals surface area contributed by atoms with E-state index in [-0.39, 0.29) is 41.7 Å². The molecule has 192 valence electrons. The number of nitrogens with two attached hydrogens (primary N) is 1. The summed E-state index contributed by atoms with van der Waals surface area (Å²) >= 11 is 12.2. The van der Waals surface area contributed by atoms with Crippen molar-refractivity contribution in [2.24, 2.45) is 0 Å². The van der Waals surface area contributed by atoms with Crippen molar-refractivity contribution in [2.75, 3.05) is 46.1 Å². The van der Waals surface area contributed by atoms with Gasteiger partial charge in [-0.05, 0) is 44.6 Å². The van der Waals surface area contributed by atoms with Gasteiger partial charge in [0.1, 0.15) is 5.82 Å². The number of halogens is 3. The van der Waals surface area contributed by atoms with Crippen LogP contribution < -0.4 is 10.5 Å². The standard InChI is InChI=1S/C24H28Cl2FN7O2/c1-32(2)14-21(35)33-8-5-16(6-9-33)34-13-15(11-30-34)20-12-29-23(28)24(31-20)36-10-7-17-18(25)3-4-19(27)22(17)26/h3-4,11-13,16H,5-10,14H2,1-2H3,(H2,28,29). The third-order valence-electron chi connectivity index (χ3n) is 6.04. The number of nitrogen functional groups attached to an aromatic ring is 1. The third kappa shape index (κ3) is 6.05. The Morgan fingerprint density at radius 3 is 2.72 bits per heavy atom. The molecule has 4 rings (SSSR count). The predicted octanol–water partition coefficient (Wildman–Crippen LogP) is 3.71. The number of rotatable bonds is 8. The molecular formula is C24H28Cl2FN7O2. The second-order valence-electron chi connectivity index (χ2n) is 8.92. The van der Waals surface area contributed by atoms with E-state index in [1.807, 2.05) is 34.8 Å². The van der Waals surface area contributed by atoms with Crippen LogP contribution in [0, 0.1) is 5.82 Å². The van der Waals surface area contributed by atoms with Crippen molar-refractivity contribution in [1.82, 2.24) is 29.5 Å². The average Bonchev–Trinajstić information content (AvgIpc) is 3.35. The molecule has 0 unspecified atom stereocenters. The number of aromatic nitrogens is 4. The number of likely N-dealkylation sites (tertiary alicyclic amines) is 1. The fourth-order valence-corrected chi connectivity index (χ4v) is 4.65. The molecule has 1 fully saturated rings. The first-order valence-corrected chi connectivity index (χ1v) is 12.3. The van der Waals surface area contributed by atoms with Gasteiger partial charge < -0.3 is 20.3 Å². The molecule has 1 aromatic carbocycles. The topological polar surface area (TPSA) is 102 Å². The molecule has 1 aliphatic heterocycles. The van der Waals surface area contributed by atoms with E-state index in [1.54, 1.807) is 12.4 Å². The lowest BCUT2D eigenvalue weighted by atomic mass is 10.1. The molecule has 0 spiro atoms. The average molecular weight is 536 g/mol. The fraction of sp³-hybridized carbons (Fsp3) is 0.417. The summed E-state index contributed by atoms with van der Waals surface area (Å²) in [6.07, 6.45) is 7.12. The summed E-state index contributed by atoms with van der Waals surface area (Å²) in [5.41, 5.74) is 7.74. The van der Waals surface area contributed by atoms with Gasteiger partial charge in [0.25, 0.3) is 5.88 Å². The fourth-order valence-electron chi connectivity index (χ4n) is 4.10. The summed E-state index contributed by atoms with van der Waals surface area (Å²) in [5, 5.41) is 4.85. The van der Waals surface area contributed by atoms with Gasteiger partial charge in [0.2, 0.25) is 5.91 Å². The molecule has 0 aliphatic carbocycles. The van der Waals surface area contributed by atoms with Crippen LogP contribution in [0.15, 0.2) is 30.7 Å². The van der Waals surface area contributed by atoms with Crippen LogP contribution >= 0.6 is 23.2 Å². The zero-order chi connectivity index (χ0) is 25.8. The Labute approximate surface area is 219 Å². The van der Waals surface area contributed by atoms with Gasteiger partial charge in [-0.2, -0.15) is 5.10 Å².